The third kappa shape index (κ3) is 5.04. The Kier molecular flexibility index (Phi) is 7.14. The molecule has 56 heavy (non-hydrogen) atoms. The molecule has 0 aliphatic heterocycles. The molecule has 272 valence electrons. The van der Waals surface area contributed by atoms with Gasteiger partial charge >= 0.3 is 0 Å². The number of benzene rings is 9. The van der Waals surface area contributed by atoms with Crippen molar-refractivity contribution in [3.8, 4) is 44.5 Å². The van der Waals surface area contributed by atoms with Crippen molar-refractivity contribution < 1.29 is 0 Å². The molecule has 0 bridgehead atoms. The van der Waals surface area contributed by atoms with E-state index in [0.717, 1.165) is 0 Å². The first-order valence-corrected chi connectivity index (χ1v) is 20.7. The molecule has 2 aliphatic rings. The lowest BCUT2D eigenvalue weighted by atomic mass is 9.78. The molecule has 0 radical (unpaired) electrons. The van der Waals surface area contributed by atoms with Gasteiger partial charge in [0, 0.05) is 0 Å². The number of hydrogen-bond acceptors (Lipinski definition) is 0. The number of hydrogen-bond donors (Lipinski definition) is 0. The summed E-state index contributed by atoms with van der Waals surface area (Å²) >= 11 is 0. The third-order valence-corrected chi connectivity index (χ3v) is 13.4. The van der Waals surface area contributed by atoms with Gasteiger partial charge < -0.3 is 0 Å². The molecule has 0 amide bonds. The fourth-order valence-corrected chi connectivity index (χ4v) is 9.91. The van der Waals surface area contributed by atoms with Gasteiger partial charge in [0.15, 0.2) is 0 Å². The monoisotopic (exact) mass is 720 g/mol. The molecule has 0 heteroatoms. The maximum Gasteiger partial charge on any atom is -0.00199 e. The van der Waals surface area contributed by atoms with Crippen LogP contribution >= 0.6 is 0 Å². The number of aryl methyl sites for hydroxylation is 2. The fourth-order valence-electron chi connectivity index (χ4n) is 9.91. The van der Waals surface area contributed by atoms with Gasteiger partial charge in [-0.25, -0.2) is 0 Å². The zero-order valence-electron chi connectivity index (χ0n) is 33.5. The second kappa shape index (κ2) is 11.9. The third-order valence-electron chi connectivity index (χ3n) is 13.4. The first-order chi connectivity index (χ1) is 27.0. The Morgan fingerprint density at radius 2 is 0.679 bits per heavy atom. The summed E-state index contributed by atoms with van der Waals surface area (Å²) in [5.74, 6) is 0. The summed E-state index contributed by atoms with van der Waals surface area (Å²) in [5, 5.41) is 10.8. The maximum atomic E-state index is 2.51. The van der Waals surface area contributed by atoms with Crippen LogP contribution in [0.4, 0.5) is 0 Å². The van der Waals surface area contributed by atoms with E-state index < -0.39 is 0 Å². The van der Waals surface area contributed by atoms with Gasteiger partial charge in [0.2, 0.25) is 0 Å². The van der Waals surface area contributed by atoms with E-state index in [4.69, 9.17) is 0 Å². The summed E-state index contributed by atoms with van der Waals surface area (Å²) in [6.45, 7) is 14.1. The summed E-state index contributed by atoms with van der Waals surface area (Å²) < 4.78 is 0. The van der Waals surface area contributed by atoms with Crippen molar-refractivity contribution in [2.45, 2.75) is 78.1 Å². The summed E-state index contributed by atoms with van der Waals surface area (Å²) in [5.41, 5.74) is 19.4. The van der Waals surface area contributed by atoms with Gasteiger partial charge in [-0.05, 0) is 182 Å². The van der Waals surface area contributed by atoms with E-state index in [9.17, 15) is 0 Å². The lowest BCUT2D eigenvalue weighted by Crippen LogP contribution is -2.12. The summed E-state index contributed by atoms with van der Waals surface area (Å²) in [4.78, 5) is 0. The Labute approximate surface area is 331 Å². The lowest BCUT2D eigenvalue weighted by Gasteiger charge is -2.26. The molecule has 0 aromatic heterocycles. The van der Waals surface area contributed by atoms with E-state index in [1.807, 2.05) is 0 Å². The average molecular weight is 721 g/mol. The van der Waals surface area contributed by atoms with Gasteiger partial charge in [0.1, 0.15) is 0 Å². The highest BCUT2D eigenvalue weighted by molar-refractivity contribution is 6.35. The van der Waals surface area contributed by atoms with Crippen molar-refractivity contribution in [3.05, 3.63) is 167 Å². The Morgan fingerprint density at radius 3 is 1.02 bits per heavy atom. The lowest BCUT2D eigenvalue weighted by molar-refractivity contribution is 0.591. The predicted octanol–water partition coefficient (Wildman–Crippen LogP) is 15.2. The normalized spacial score (nSPS) is 14.0. The van der Waals surface area contributed by atoms with Crippen LogP contribution in [0.2, 0.25) is 0 Å². The highest BCUT2D eigenvalue weighted by Crippen LogP contribution is 2.48. The van der Waals surface area contributed by atoms with E-state index in [0.29, 0.717) is 0 Å². The first kappa shape index (κ1) is 33.6. The van der Waals surface area contributed by atoms with Crippen LogP contribution in [-0.2, 0) is 36.5 Å². The minimum atomic E-state index is -0.00592. The highest BCUT2D eigenvalue weighted by Gasteiger charge is 2.25. The molecule has 2 aliphatic carbocycles. The van der Waals surface area contributed by atoms with Crippen LogP contribution in [0.15, 0.2) is 133 Å². The molecule has 9 aromatic rings. The van der Waals surface area contributed by atoms with Gasteiger partial charge in [0.25, 0.3) is 0 Å². The predicted molar refractivity (Wildman–Crippen MR) is 242 cm³/mol. The second-order valence-corrected chi connectivity index (χ2v) is 18.8. The van der Waals surface area contributed by atoms with E-state index in [1.54, 1.807) is 0 Å². The van der Waals surface area contributed by atoms with Crippen molar-refractivity contribution in [1.82, 2.24) is 0 Å². The minimum absolute atomic E-state index is 0.00592. The molecule has 0 saturated carbocycles. The Bertz CT molecular complexity index is 2840. The van der Waals surface area contributed by atoms with Crippen LogP contribution in [0.5, 0.6) is 0 Å². The van der Waals surface area contributed by atoms with Crippen LogP contribution in [0, 0.1) is 0 Å². The zero-order valence-corrected chi connectivity index (χ0v) is 33.5. The summed E-state index contributed by atoms with van der Waals surface area (Å²) in [7, 11) is 0. The molecule has 0 spiro atoms. The summed E-state index contributed by atoms with van der Waals surface area (Å²) in [6, 6.07) is 52.0. The molecule has 0 N–H and O–H groups in total. The van der Waals surface area contributed by atoms with Crippen molar-refractivity contribution in [2.75, 3.05) is 0 Å². The van der Waals surface area contributed by atoms with Gasteiger partial charge in [-0.1, -0.05) is 151 Å². The quantitative estimate of drug-likeness (QED) is 0.125. The van der Waals surface area contributed by atoms with Crippen molar-refractivity contribution in [1.29, 1.82) is 0 Å². The van der Waals surface area contributed by atoms with Crippen LogP contribution in [-0.4, -0.2) is 0 Å². The number of fused-ring (bicyclic) bond motifs is 4. The Hall–Kier alpha value is -5.72. The molecule has 0 fully saturated rings. The molecular formula is C56H48. The first-order valence-electron chi connectivity index (χ1n) is 20.7. The second-order valence-electron chi connectivity index (χ2n) is 18.8. The average Bonchev–Trinajstić information content (AvgIpc) is 3.16. The maximum absolute atomic E-state index is 2.51. The molecule has 0 unspecified atom stereocenters. The van der Waals surface area contributed by atoms with Gasteiger partial charge in [0.05, 0.1) is 0 Å². The number of rotatable bonds is 4. The molecule has 0 heterocycles. The highest BCUT2D eigenvalue weighted by atomic mass is 14.3. The molecular weight excluding hydrogens is 673 g/mol. The van der Waals surface area contributed by atoms with Gasteiger partial charge in [-0.2, -0.15) is 0 Å². The summed E-state index contributed by atoms with van der Waals surface area (Å²) in [6.07, 6.45) is 4.78. The van der Waals surface area contributed by atoms with E-state index in [2.05, 4.69) is 175 Å². The van der Waals surface area contributed by atoms with Crippen molar-refractivity contribution >= 4 is 43.1 Å². The van der Waals surface area contributed by atoms with Crippen molar-refractivity contribution in [2.24, 2.45) is 0 Å². The van der Waals surface area contributed by atoms with Crippen molar-refractivity contribution in [3.63, 3.8) is 0 Å². The smallest absolute Gasteiger partial charge is 0.00199 e. The molecule has 9 aromatic carbocycles. The van der Waals surface area contributed by atoms with Gasteiger partial charge in [-0.15, -0.1) is 0 Å². The van der Waals surface area contributed by atoms with Gasteiger partial charge in [-0.3, -0.25) is 0 Å². The SMILES string of the molecule is CC(C)(C)c1cc2c(-c3ccc(-c4cccc5c4CC5)cc3)ccc3c4cc(C(C)(C)C)cc5c(-c6ccc(-c7cccc8c7CC8)cc6)ccc(c(c1)c23)c54. The topological polar surface area (TPSA) is 0 Å². The largest absolute Gasteiger partial charge is 0.0614 e. The van der Waals surface area contributed by atoms with Crippen LogP contribution in [0.3, 0.4) is 0 Å². The Morgan fingerprint density at radius 1 is 0.321 bits per heavy atom. The molecule has 0 saturated heterocycles. The van der Waals surface area contributed by atoms with Crippen LogP contribution in [0.25, 0.3) is 87.6 Å². The molecule has 11 rings (SSSR count). The van der Waals surface area contributed by atoms with E-state index in [1.165, 1.54) is 147 Å². The van der Waals surface area contributed by atoms with E-state index >= 15 is 0 Å². The van der Waals surface area contributed by atoms with Crippen LogP contribution in [0.1, 0.15) is 74.9 Å². The Balaban J connectivity index is 1.14. The molecule has 0 atom stereocenters. The minimum Gasteiger partial charge on any atom is -0.0614 e. The van der Waals surface area contributed by atoms with Crippen LogP contribution < -0.4 is 0 Å². The molecule has 0 nitrogen and oxygen atoms in total. The van der Waals surface area contributed by atoms with E-state index in [-0.39, 0.29) is 10.8 Å². The standard InChI is InChI=1S/C56H48/c1-55(2,3)39-29-49-45(37-17-13-35(14-18-37)41-11-7-9-33-21-23-43(33)41)25-28-48-52-32-40(56(4,5)6)30-50-46(26-27-47(54(50)52)51(31-39)53(48)49)38-19-15-36(16-20-38)42-12-8-10-34-22-24-44(34)42/h7-20,25-32H,21-24H2,1-6H3. The zero-order chi connectivity index (χ0) is 38.1. The fraction of sp³-hybridized carbons (Fsp3) is 0.214.